The van der Waals surface area contributed by atoms with Crippen molar-refractivity contribution >= 4 is 6.08 Å². The molecule has 1 aromatic carbocycles. The lowest BCUT2D eigenvalue weighted by Crippen LogP contribution is -2.22. The van der Waals surface area contributed by atoms with Gasteiger partial charge in [0, 0.05) is 6.04 Å². The number of benzene rings is 1. The summed E-state index contributed by atoms with van der Waals surface area (Å²) >= 11 is 0. The zero-order valence-electron chi connectivity index (χ0n) is 10.4. The largest absolute Gasteiger partial charge is 0.486 e. The van der Waals surface area contributed by atoms with Crippen LogP contribution in [-0.2, 0) is 0 Å². The van der Waals surface area contributed by atoms with Gasteiger partial charge in [0.25, 0.3) is 0 Å². The van der Waals surface area contributed by atoms with Crippen molar-refractivity contribution in [2.24, 2.45) is 0 Å². The first kappa shape index (κ1) is 12.0. The summed E-state index contributed by atoms with van der Waals surface area (Å²) in [5.74, 6) is 1.68. The van der Waals surface area contributed by atoms with Crippen LogP contribution in [0.25, 0.3) is 6.08 Å². The van der Waals surface area contributed by atoms with E-state index in [1.165, 1.54) is 0 Å². The summed E-state index contributed by atoms with van der Waals surface area (Å²) in [7, 11) is 0. The van der Waals surface area contributed by atoms with Crippen LogP contribution in [0.1, 0.15) is 19.4 Å². The highest BCUT2D eigenvalue weighted by Crippen LogP contribution is 2.31. The SMILES string of the molecule is CCNC(C)/C=C/c1ccc2c(c1)OCCO2. The third-order valence-electron chi connectivity index (χ3n) is 2.67. The lowest BCUT2D eigenvalue weighted by atomic mass is 10.1. The topological polar surface area (TPSA) is 30.5 Å². The van der Waals surface area contributed by atoms with Crippen LogP contribution >= 0.6 is 0 Å². The molecule has 0 aromatic heterocycles. The highest BCUT2D eigenvalue weighted by atomic mass is 16.6. The molecule has 0 saturated heterocycles. The maximum atomic E-state index is 5.54. The number of rotatable bonds is 4. The van der Waals surface area contributed by atoms with E-state index in [9.17, 15) is 0 Å². The van der Waals surface area contributed by atoms with E-state index >= 15 is 0 Å². The van der Waals surface area contributed by atoms with Gasteiger partial charge < -0.3 is 14.8 Å². The molecule has 92 valence electrons. The van der Waals surface area contributed by atoms with Crippen molar-refractivity contribution in [3.63, 3.8) is 0 Å². The summed E-state index contributed by atoms with van der Waals surface area (Å²) < 4.78 is 11.0. The Kier molecular flexibility index (Phi) is 4.04. The summed E-state index contributed by atoms with van der Waals surface area (Å²) in [6, 6.07) is 6.41. The fraction of sp³-hybridized carbons (Fsp3) is 0.429. The highest BCUT2D eigenvalue weighted by molar-refractivity contribution is 5.56. The third-order valence-corrected chi connectivity index (χ3v) is 2.67. The second kappa shape index (κ2) is 5.73. The Labute approximate surface area is 102 Å². The lowest BCUT2D eigenvalue weighted by Gasteiger charge is -2.18. The Morgan fingerprint density at radius 3 is 2.82 bits per heavy atom. The van der Waals surface area contributed by atoms with Crippen LogP contribution in [0.3, 0.4) is 0 Å². The summed E-state index contributed by atoms with van der Waals surface area (Å²) in [5, 5.41) is 3.34. The molecule has 3 nitrogen and oxygen atoms in total. The molecule has 1 aromatic rings. The monoisotopic (exact) mass is 233 g/mol. The first-order chi connectivity index (χ1) is 8.29. The van der Waals surface area contributed by atoms with Gasteiger partial charge in [-0.05, 0) is 31.2 Å². The summed E-state index contributed by atoms with van der Waals surface area (Å²) in [4.78, 5) is 0. The van der Waals surface area contributed by atoms with E-state index < -0.39 is 0 Å². The zero-order valence-corrected chi connectivity index (χ0v) is 10.4. The molecule has 1 unspecified atom stereocenters. The van der Waals surface area contributed by atoms with E-state index in [1.807, 2.05) is 18.2 Å². The van der Waals surface area contributed by atoms with E-state index in [0.717, 1.165) is 23.6 Å². The second-order valence-electron chi connectivity index (χ2n) is 4.11. The van der Waals surface area contributed by atoms with Crippen molar-refractivity contribution in [3.8, 4) is 11.5 Å². The number of fused-ring (bicyclic) bond motifs is 1. The number of hydrogen-bond donors (Lipinski definition) is 1. The van der Waals surface area contributed by atoms with Gasteiger partial charge in [-0.15, -0.1) is 0 Å². The molecule has 1 N–H and O–H groups in total. The number of ether oxygens (including phenoxy) is 2. The molecular weight excluding hydrogens is 214 g/mol. The van der Waals surface area contributed by atoms with Gasteiger partial charge in [0.05, 0.1) is 0 Å². The Morgan fingerprint density at radius 2 is 2.06 bits per heavy atom. The summed E-state index contributed by atoms with van der Waals surface area (Å²) in [6.45, 7) is 6.49. The fourth-order valence-corrected chi connectivity index (χ4v) is 1.81. The average Bonchev–Trinajstić information content (AvgIpc) is 2.36. The first-order valence-electron chi connectivity index (χ1n) is 6.11. The molecule has 3 heteroatoms. The molecule has 0 spiro atoms. The predicted octanol–water partition coefficient (Wildman–Crippen LogP) is 2.47. The smallest absolute Gasteiger partial charge is 0.161 e. The number of nitrogens with one attached hydrogen (secondary N) is 1. The van der Waals surface area contributed by atoms with E-state index in [4.69, 9.17) is 9.47 Å². The third kappa shape index (κ3) is 3.24. The summed E-state index contributed by atoms with van der Waals surface area (Å²) in [5.41, 5.74) is 1.14. The van der Waals surface area contributed by atoms with Gasteiger partial charge in [0.15, 0.2) is 11.5 Å². The van der Waals surface area contributed by atoms with Gasteiger partial charge in [0.1, 0.15) is 13.2 Å². The van der Waals surface area contributed by atoms with Gasteiger partial charge >= 0.3 is 0 Å². The summed E-state index contributed by atoms with van der Waals surface area (Å²) in [6.07, 6.45) is 4.25. The van der Waals surface area contributed by atoms with Crippen LogP contribution in [0, 0.1) is 0 Å². The van der Waals surface area contributed by atoms with Crippen LogP contribution < -0.4 is 14.8 Å². The van der Waals surface area contributed by atoms with Gasteiger partial charge in [-0.2, -0.15) is 0 Å². The van der Waals surface area contributed by atoms with Gasteiger partial charge in [-0.25, -0.2) is 0 Å². The standard InChI is InChI=1S/C14H19NO2/c1-3-15-11(2)4-5-12-6-7-13-14(10-12)17-9-8-16-13/h4-7,10-11,15H,3,8-9H2,1-2H3/b5-4+. The number of likely N-dealkylation sites (N-methyl/N-ethyl adjacent to an activating group) is 1. The van der Waals surface area contributed by atoms with Crippen molar-refractivity contribution in [2.45, 2.75) is 19.9 Å². The predicted molar refractivity (Wildman–Crippen MR) is 69.6 cm³/mol. The van der Waals surface area contributed by atoms with Gasteiger partial charge in [-0.1, -0.05) is 25.1 Å². The molecule has 0 bridgehead atoms. The van der Waals surface area contributed by atoms with Crippen molar-refractivity contribution in [1.29, 1.82) is 0 Å². The fourth-order valence-electron chi connectivity index (χ4n) is 1.81. The number of hydrogen-bond acceptors (Lipinski definition) is 3. The second-order valence-corrected chi connectivity index (χ2v) is 4.11. The molecule has 0 radical (unpaired) electrons. The molecule has 1 aliphatic rings. The molecule has 0 fully saturated rings. The molecule has 0 aliphatic carbocycles. The first-order valence-corrected chi connectivity index (χ1v) is 6.11. The molecule has 0 saturated carbocycles. The molecular formula is C14H19NO2. The van der Waals surface area contributed by atoms with Gasteiger partial charge in [-0.3, -0.25) is 0 Å². The quantitative estimate of drug-likeness (QED) is 0.866. The average molecular weight is 233 g/mol. The molecule has 1 aliphatic heterocycles. The molecule has 2 rings (SSSR count). The minimum Gasteiger partial charge on any atom is -0.486 e. The van der Waals surface area contributed by atoms with Crippen molar-refractivity contribution in [1.82, 2.24) is 5.32 Å². The molecule has 17 heavy (non-hydrogen) atoms. The van der Waals surface area contributed by atoms with Crippen LogP contribution in [0.5, 0.6) is 11.5 Å². The van der Waals surface area contributed by atoms with Crippen LogP contribution in [0.15, 0.2) is 24.3 Å². The van der Waals surface area contributed by atoms with Crippen LogP contribution in [-0.4, -0.2) is 25.8 Å². The molecule has 1 heterocycles. The van der Waals surface area contributed by atoms with E-state index in [0.29, 0.717) is 19.3 Å². The molecule has 0 amide bonds. The minimum atomic E-state index is 0.383. The lowest BCUT2D eigenvalue weighted by molar-refractivity contribution is 0.171. The Bertz CT molecular complexity index is 401. The molecule has 1 atom stereocenters. The van der Waals surface area contributed by atoms with Crippen molar-refractivity contribution in [2.75, 3.05) is 19.8 Å². The Hall–Kier alpha value is -1.48. The van der Waals surface area contributed by atoms with E-state index in [2.05, 4.69) is 31.3 Å². The maximum absolute atomic E-state index is 5.54. The van der Waals surface area contributed by atoms with Crippen molar-refractivity contribution < 1.29 is 9.47 Å². The minimum absolute atomic E-state index is 0.383. The zero-order chi connectivity index (χ0) is 12.1. The van der Waals surface area contributed by atoms with E-state index in [-0.39, 0.29) is 0 Å². The normalized spacial score (nSPS) is 16.1. The van der Waals surface area contributed by atoms with Crippen LogP contribution in [0.4, 0.5) is 0 Å². The maximum Gasteiger partial charge on any atom is 0.161 e. The van der Waals surface area contributed by atoms with Gasteiger partial charge in [0.2, 0.25) is 0 Å². The van der Waals surface area contributed by atoms with Crippen molar-refractivity contribution in [3.05, 3.63) is 29.8 Å². The Balaban J connectivity index is 2.06. The highest BCUT2D eigenvalue weighted by Gasteiger charge is 2.10. The van der Waals surface area contributed by atoms with E-state index in [1.54, 1.807) is 0 Å². The van der Waals surface area contributed by atoms with Crippen LogP contribution in [0.2, 0.25) is 0 Å². The Morgan fingerprint density at radius 1 is 1.29 bits per heavy atom.